The minimum Gasteiger partial charge on any atom is -0.345 e. The van der Waals surface area contributed by atoms with Crippen molar-refractivity contribution in [3.05, 3.63) is 27.9 Å². The van der Waals surface area contributed by atoms with Crippen LogP contribution >= 0.6 is 0 Å². The van der Waals surface area contributed by atoms with Gasteiger partial charge in [0.1, 0.15) is 12.0 Å². The van der Waals surface area contributed by atoms with Gasteiger partial charge in [-0.3, -0.25) is 14.9 Å². The van der Waals surface area contributed by atoms with E-state index in [0.29, 0.717) is 24.8 Å². The van der Waals surface area contributed by atoms with E-state index in [1.54, 1.807) is 6.92 Å². The average molecular weight is 318 g/mol. The van der Waals surface area contributed by atoms with Gasteiger partial charge >= 0.3 is 0 Å². The Labute approximate surface area is 135 Å². The van der Waals surface area contributed by atoms with Crippen LogP contribution in [0.15, 0.2) is 12.3 Å². The number of pyridine rings is 1. The monoisotopic (exact) mass is 318 g/mol. The molecule has 2 heterocycles. The van der Waals surface area contributed by atoms with Gasteiger partial charge in [-0.25, -0.2) is 4.98 Å². The van der Waals surface area contributed by atoms with Crippen molar-refractivity contribution in [1.29, 1.82) is 0 Å². The van der Waals surface area contributed by atoms with Gasteiger partial charge in [0.05, 0.1) is 11.5 Å². The SMILES string of the molecule is Cc1cc([N+](=O)[O-])cnc1N1CCN(CC2CCCC2)C(=O)C1. The lowest BCUT2D eigenvalue weighted by molar-refractivity contribution is -0.385. The summed E-state index contributed by atoms with van der Waals surface area (Å²) in [6.45, 7) is 4.40. The van der Waals surface area contributed by atoms with E-state index in [1.807, 2.05) is 9.80 Å². The van der Waals surface area contributed by atoms with Crippen LogP contribution in [0.4, 0.5) is 11.5 Å². The topological polar surface area (TPSA) is 79.6 Å². The van der Waals surface area contributed by atoms with Crippen molar-refractivity contribution in [2.75, 3.05) is 31.1 Å². The number of amides is 1. The Hall–Kier alpha value is -2.18. The van der Waals surface area contributed by atoms with Gasteiger partial charge in [-0.15, -0.1) is 0 Å². The summed E-state index contributed by atoms with van der Waals surface area (Å²) >= 11 is 0. The lowest BCUT2D eigenvalue weighted by atomic mass is 10.1. The van der Waals surface area contributed by atoms with Gasteiger partial charge < -0.3 is 9.80 Å². The Morgan fingerprint density at radius 2 is 2.09 bits per heavy atom. The summed E-state index contributed by atoms with van der Waals surface area (Å²) in [5, 5.41) is 10.8. The molecule has 0 aromatic carbocycles. The predicted molar refractivity (Wildman–Crippen MR) is 86.4 cm³/mol. The number of nitro groups is 1. The lowest BCUT2D eigenvalue weighted by Crippen LogP contribution is -2.51. The van der Waals surface area contributed by atoms with Crippen molar-refractivity contribution in [3.63, 3.8) is 0 Å². The van der Waals surface area contributed by atoms with Gasteiger partial charge in [0.25, 0.3) is 5.69 Å². The predicted octanol–water partition coefficient (Wildman–Crippen LogP) is 2.14. The number of piperazine rings is 1. The molecule has 7 nitrogen and oxygen atoms in total. The summed E-state index contributed by atoms with van der Waals surface area (Å²) in [4.78, 5) is 30.8. The minimum absolute atomic E-state index is 0.0163. The standard InChI is InChI=1S/C16H22N4O3/c1-12-8-14(20(22)23)9-17-16(12)19-7-6-18(15(21)11-19)10-13-4-2-3-5-13/h8-9,13H,2-7,10-11H2,1H3. The molecule has 1 aliphatic heterocycles. The minimum atomic E-state index is -0.450. The molecule has 1 aromatic heterocycles. The second-order valence-corrected chi connectivity index (χ2v) is 6.50. The Kier molecular flexibility index (Phi) is 4.45. The fourth-order valence-electron chi connectivity index (χ4n) is 3.57. The first-order valence-electron chi connectivity index (χ1n) is 8.18. The van der Waals surface area contributed by atoms with E-state index in [4.69, 9.17) is 0 Å². The molecule has 7 heteroatoms. The highest BCUT2D eigenvalue weighted by atomic mass is 16.6. The maximum atomic E-state index is 12.4. The van der Waals surface area contributed by atoms with Crippen LogP contribution < -0.4 is 4.90 Å². The molecule has 1 amide bonds. The first-order valence-corrected chi connectivity index (χ1v) is 8.18. The lowest BCUT2D eigenvalue weighted by Gasteiger charge is -2.36. The Balaban J connectivity index is 1.65. The molecule has 1 saturated carbocycles. The van der Waals surface area contributed by atoms with Crippen LogP contribution in [0.25, 0.3) is 0 Å². The molecule has 0 atom stereocenters. The second-order valence-electron chi connectivity index (χ2n) is 6.50. The largest absolute Gasteiger partial charge is 0.345 e. The van der Waals surface area contributed by atoms with Gasteiger partial charge in [-0.05, 0) is 31.2 Å². The summed E-state index contributed by atoms with van der Waals surface area (Å²) in [7, 11) is 0. The summed E-state index contributed by atoms with van der Waals surface area (Å²) in [6, 6.07) is 1.51. The van der Waals surface area contributed by atoms with Crippen LogP contribution in [0, 0.1) is 23.0 Å². The fourth-order valence-corrected chi connectivity index (χ4v) is 3.57. The van der Waals surface area contributed by atoms with Crippen LogP contribution in [0.3, 0.4) is 0 Å². The first kappa shape index (κ1) is 15.7. The third-order valence-corrected chi connectivity index (χ3v) is 4.82. The van der Waals surface area contributed by atoms with E-state index >= 15 is 0 Å². The molecule has 0 radical (unpaired) electrons. The highest BCUT2D eigenvalue weighted by Gasteiger charge is 2.28. The van der Waals surface area contributed by atoms with Crippen molar-refractivity contribution in [1.82, 2.24) is 9.88 Å². The molecule has 0 spiro atoms. The third kappa shape index (κ3) is 3.43. The zero-order valence-electron chi connectivity index (χ0n) is 13.4. The molecule has 124 valence electrons. The van der Waals surface area contributed by atoms with Crippen LogP contribution in [0.2, 0.25) is 0 Å². The Bertz CT molecular complexity index is 613. The number of hydrogen-bond acceptors (Lipinski definition) is 5. The molecule has 2 aliphatic rings. The summed E-state index contributed by atoms with van der Waals surface area (Å²) < 4.78 is 0. The number of aromatic nitrogens is 1. The normalized spacial score (nSPS) is 19.4. The first-order chi connectivity index (χ1) is 11.0. The van der Waals surface area contributed by atoms with Crippen LogP contribution in [0.5, 0.6) is 0 Å². The van der Waals surface area contributed by atoms with E-state index in [-0.39, 0.29) is 11.6 Å². The highest BCUT2D eigenvalue weighted by molar-refractivity contribution is 5.82. The zero-order chi connectivity index (χ0) is 16.4. The molecule has 3 rings (SSSR count). The molecular weight excluding hydrogens is 296 g/mol. The van der Waals surface area contributed by atoms with Crippen LogP contribution in [-0.2, 0) is 4.79 Å². The molecule has 2 fully saturated rings. The van der Waals surface area contributed by atoms with Crippen molar-refractivity contribution in [3.8, 4) is 0 Å². The van der Waals surface area contributed by atoms with Gasteiger partial charge in [-0.2, -0.15) is 0 Å². The maximum Gasteiger partial charge on any atom is 0.287 e. The molecule has 1 aliphatic carbocycles. The number of aryl methyl sites for hydroxylation is 1. The van der Waals surface area contributed by atoms with E-state index < -0.39 is 4.92 Å². The quantitative estimate of drug-likeness (QED) is 0.627. The van der Waals surface area contributed by atoms with Crippen molar-refractivity contribution in [2.45, 2.75) is 32.6 Å². The van der Waals surface area contributed by atoms with Gasteiger partial charge in [0.15, 0.2) is 0 Å². The smallest absolute Gasteiger partial charge is 0.287 e. The third-order valence-electron chi connectivity index (χ3n) is 4.82. The summed E-state index contributed by atoms with van der Waals surface area (Å²) in [5.41, 5.74) is 0.716. The number of hydrogen-bond donors (Lipinski definition) is 0. The molecule has 0 bridgehead atoms. The Morgan fingerprint density at radius 1 is 1.35 bits per heavy atom. The van der Waals surface area contributed by atoms with Gasteiger partial charge in [-0.1, -0.05) is 12.8 Å². The molecule has 1 saturated heterocycles. The molecule has 1 aromatic rings. The van der Waals surface area contributed by atoms with Gasteiger partial charge in [0, 0.05) is 25.7 Å². The van der Waals surface area contributed by atoms with Gasteiger partial charge in [0.2, 0.25) is 5.91 Å². The molecule has 0 unspecified atom stereocenters. The summed E-state index contributed by atoms with van der Waals surface area (Å²) in [6.07, 6.45) is 6.29. The number of carbonyl (C=O) groups excluding carboxylic acids is 1. The summed E-state index contributed by atoms with van der Waals surface area (Å²) in [5.74, 6) is 1.46. The van der Waals surface area contributed by atoms with Crippen molar-refractivity contribution in [2.24, 2.45) is 5.92 Å². The van der Waals surface area contributed by atoms with E-state index in [9.17, 15) is 14.9 Å². The number of carbonyl (C=O) groups is 1. The van der Waals surface area contributed by atoms with Crippen molar-refractivity contribution < 1.29 is 9.72 Å². The number of rotatable bonds is 4. The average Bonchev–Trinajstić information content (AvgIpc) is 3.02. The maximum absolute atomic E-state index is 12.4. The molecular formula is C16H22N4O3. The zero-order valence-corrected chi connectivity index (χ0v) is 13.4. The fraction of sp³-hybridized carbons (Fsp3) is 0.625. The van der Waals surface area contributed by atoms with E-state index in [2.05, 4.69) is 4.98 Å². The van der Waals surface area contributed by atoms with Crippen molar-refractivity contribution >= 4 is 17.4 Å². The number of anilines is 1. The van der Waals surface area contributed by atoms with Crippen LogP contribution in [-0.4, -0.2) is 46.9 Å². The molecule has 0 N–H and O–H groups in total. The van der Waals surface area contributed by atoms with Crippen LogP contribution in [0.1, 0.15) is 31.2 Å². The van der Waals surface area contributed by atoms with E-state index in [0.717, 1.165) is 18.7 Å². The Morgan fingerprint density at radius 3 is 2.70 bits per heavy atom. The molecule has 23 heavy (non-hydrogen) atoms. The number of nitrogens with zero attached hydrogens (tertiary/aromatic N) is 4. The van der Waals surface area contributed by atoms with E-state index in [1.165, 1.54) is 37.9 Å². The second kappa shape index (κ2) is 6.52. The highest BCUT2D eigenvalue weighted by Crippen LogP contribution is 2.27.